The fourth-order valence-electron chi connectivity index (χ4n) is 1.38. The van der Waals surface area contributed by atoms with Gasteiger partial charge >= 0.3 is 0 Å². The zero-order valence-corrected chi connectivity index (χ0v) is 10.4. The Labute approximate surface area is 100 Å². The van der Waals surface area contributed by atoms with Gasteiger partial charge in [0, 0.05) is 22.1 Å². The monoisotopic (exact) mass is 235 g/mol. The van der Waals surface area contributed by atoms with E-state index in [2.05, 4.69) is 25.9 Å². The first-order chi connectivity index (χ1) is 7.47. The number of nitrogens with zero attached hydrogens (tertiary/aromatic N) is 1. The summed E-state index contributed by atoms with van der Waals surface area (Å²) < 4.78 is 5.32. The predicted molar refractivity (Wildman–Crippen MR) is 65.6 cm³/mol. The van der Waals surface area contributed by atoms with Crippen LogP contribution in [0.3, 0.4) is 0 Å². The molecule has 0 aliphatic rings. The Hall–Kier alpha value is -1.28. The van der Waals surface area contributed by atoms with E-state index in [9.17, 15) is 0 Å². The van der Waals surface area contributed by atoms with Crippen molar-refractivity contribution in [1.29, 1.82) is 0 Å². The van der Waals surface area contributed by atoms with Gasteiger partial charge in [-0.2, -0.15) is 0 Å². The molecular formula is C13H14ClNO. The van der Waals surface area contributed by atoms with Gasteiger partial charge in [0.25, 0.3) is 0 Å². The van der Waals surface area contributed by atoms with Crippen LogP contribution in [-0.4, -0.2) is 5.16 Å². The molecule has 0 atom stereocenters. The van der Waals surface area contributed by atoms with Crippen LogP contribution in [0.15, 0.2) is 34.9 Å². The lowest BCUT2D eigenvalue weighted by Gasteiger charge is -2.12. The smallest absolute Gasteiger partial charge is 0.167 e. The Morgan fingerprint density at radius 3 is 2.25 bits per heavy atom. The maximum atomic E-state index is 5.83. The first-order valence-corrected chi connectivity index (χ1v) is 5.58. The number of hydrogen-bond acceptors (Lipinski definition) is 2. The van der Waals surface area contributed by atoms with Gasteiger partial charge < -0.3 is 4.52 Å². The Morgan fingerprint density at radius 1 is 1.12 bits per heavy atom. The van der Waals surface area contributed by atoms with Gasteiger partial charge in [0.15, 0.2) is 5.76 Å². The number of hydrogen-bond donors (Lipinski definition) is 0. The summed E-state index contributed by atoms with van der Waals surface area (Å²) in [5.74, 6) is 0.779. The third-order valence-electron chi connectivity index (χ3n) is 2.41. The number of aromatic nitrogens is 1. The normalized spacial score (nSPS) is 11.8. The molecule has 0 aliphatic heterocycles. The summed E-state index contributed by atoms with van der Waals surface area (Å²) in [7, 11) is 0. The first kappa shape index (κ1) is 11.2. The largest absolute Gasteiger partial charge is 0.356 e. The number of benzene rings is 1. The summed E-state index contributed by atoms with van der Waals surface area (Å²) in [5.41, 5.74) is 1.96. The molecule has 0 amide bonds. The molecule has 0 saturated carbocycles. The van der Waals surface area contributed by atoms with Gasteiger partial charge in [0.1, 0.15) is 0 Å². The van der Waals surface area contributed by atoms with Gasteiger partial charge in [-0.3, -0.25) is 0 Å². The molecule has 2 rings (SSSR count). The quantitative estimate of drug-likeness (QED) is 0.737. The highest BCUT2D eigenvalue weighted by atomic mass is 35.5. The van der Waals surface area contributed by atoms with Crippen LogP contribution in [0.5, 0.6) is 0 Å². The van der Waals surface area contributed by atoms with Crippen molar-refractivity contribution in [3.8, 4) is 11.3 Å². The summed E-state index contributed by atoms with van der Waals surface area (Å²) in [6.45, 7) is 6.32. The SMILES string of the molecule is CC(C)(C)c1cc(-c2ccc(Cl)cc2)on1. The van der Waals surface area contributed by atoms with E-state index in [4.69, 9.17) is 16.1 Å². The third-order valence-corrected chi connectivity index (χ3v) is 2.66. The van der Waals surface area contributed by atoms with Crippen molar-refractivity contribution in [3.63, 3.8) is 0 Å². The summed E-state index contributed by atoms with van der Waals surface area (Å²) in [6, 6.07) is 9.51. The van der Waals surface area contributed by atoms with Crippen LogP contribution < -0.4 is 0 Å². The first-order valence-electron chi connectivity index (χ1n) is 5.20. The summed E-state index contributed by atoms with van der Waals surface area (Å²) in [4.78, 5) is 0. The minimum atomic E-state index is 0.00811. The lowest BCUT2D eigenvalue weighted by molar-refractivity contribution is 0.402. The van der Waals surface area contributed by atoms with Gasteiger partial charge in [-0.15, -0.1) is 0 Å². The summed E-state index contributed by atoms with van der Waals surface area (Å²) >= 11 is 5.83. The van der Waals surface area contributed by atoms with E-state index in [0.717, 1.165) is 22.0 Å². The van der Waals surface area contributed by atoms with Gasteiger partial charge in [0.05, 0.1) is 5.69 Å². The molecule has 0 aliphatic carbocycles. The lowest BCUT2D eigenvalue weighted by atomic mass is 9.92. The van der Waals surface area contributed by atoms with Crippen molar-refractivity contribution in [1.82, 2.24) is 5.16 Å². The van der Waals surface area contributed by atoms with Crippen LogP contribution in [0.4, 0.5) is 0 Å². The predicted octanol–water partition coefficient (Wildman–Crippen LogP) is 4.29. The molecule has 1 aromatic carbocycles. The molecular weight excluding hydrogens is 222 g/mol. The fourth-order valence-corrected chi connectivity index (χ4v) is 1.50. The Kier molecular flexibility index (Phi) is 2.76. The van der Waals surface area contributed by atoms with E-state index in [-0.39, 0.29) is 5.41 Å². The molecule has 3 heteroatoms. The molecule has 1 heterocycles. The van der Waals surface area contributed by atoms with Crippen LogP contribution >= 0.6 is 11.6 Å². The molecule has 0 radical (unpaired) electrons. The average molecular weight is 236 g/mol. The van der Waals surface area contributed by atoms with Crippen LogP contribution in [0.2, 0.25) is 5.02 Å². The minimum absolute atomic E-state index is 0.00811. The zero-order chi connectivity index (χ0) is 11.8. The van der Waals surface area contributed by atoms with Crippen LogP contribution in [0.25, 0.3) is 11.3 Å². The van der Waals surface area contributed by atoms with Crippen molar-refractivity contribution in [3.05, 3.63) is 41.0 Å². The van der Waals surface area contributed by atoms with Crippen LogP contribution in [-0.2, 0) is 5.41 Å². The van der Waals surface area contributed by atoms with Gasteiger partial charge in [-0.1, -0.05) is 37.5 Å². The average Bonchev–Trinajstić information content (AvgIpc) is 2.67. The second kappa shape index (κ2) is 3.95. The van der Waals surface area contributed by atoms with E-state index in [1.165, 1.54) is 0 Å². The highest BCUT2D eigenvalue weighted by Gasteiger charge is 2.19. The fraction of sp³-hybridized carbons (Fsp3) is 0.308. The van der Waals surface area contributed by atoms with Crippen molar-refractivity contribution in [2.24, 2.45) is 0 Å². The lowest BCUT2D eigenvalue weighted by Crippen LogP contribution is -2.10. The maximum absolute atomic E-state index is 5.83. The molecule has 0 spiro atoms. The van der Waals surface area contributed by atoms with Crippen LogP contribution in [0.1, 0.15) is 26.5 Å². The molecule has 0 unspecified atom stereocenters. The maximum Gasteiger partial charge on any atom is 0.167 e. The molecule has 2 aromatic rings. The molecule has 1 aromatic heterocycles. The molecule has 84 valence electrons. The van der Waals surface area contributed by atoms with Crippen LogP contribution in [0, 0.1) is 0 Å². The highest BCUT2D eigenvalue weighted by molar-refractivity contribution is 6.30. The molecule has 0 N–H and O–H groups in total. The summed E-state index contributed by atoms with van der Waals surface area (Å²) in [6.07, 6.45) is 0. The van der Waals surface area contributed by atoms with Gasteiger partial charge in [-0.05, 0) is 24.3 Å². The third kappa shape index (κ3) is 2.27. The van der Waals surface area contributed by atoms with Gasteiger partial charge in [0.2, 0.25) is 0 Å². The number of rotatable bonds is 1. The van der Waals surface area contributed by atoms with E-state index < -0.39 is 0 Å². The Balaban J connectivity index is 2.35. The Bertz CT molecular complexity index is 479. The van der Waals surface area contributed by atoms with Gasteiger partial charge in [-0.25, -0.2) is 0 Å². The zero-order valence-electron chi connectivity index (χ0n) is 9.62. The molecule has 2 nitrogen and oxygen atoms in total. The molecule has 0 saturated heterocycles. The standard InChI is InChI=1S/C13H14ClNO/c1-13(2,3)12-8-11(16-15-12)9-4-6-10(14)7-5-9/h4-8H,1-3H3. The van der Waals surface area contributed by atoms with Crippen molar-refractivity contribution in [2.75, 3.05) is 0 Å². The topological polar surface area (TPSA) is 26.0 Å². The van der Waals surface area contributed by atoms with Crippen molar-refractivity contribution in [2.45, 2.75) is 26.2 Å². The Morgan fingerprint density at radius 2 is 1.75 bits per heavy atom. The second-order valence-corrected chi connectivity index (χ2v) is 5.27. The van der Waals surface area contributed by atoms with E-state index in [0.29, 0.717) is 0 Å². The minimum Gasteiger partial charge on any atom is -0.356 e. The van der Waals surface area contributed by atoms with Crippen molar-refractivity contribution < 1.29 is 4.52 Å². The molecule has 16 heavy (non-hydrogen) atoms. The second-order valence-electron chi connectivity index (χ2n) is 4.83. The van der Waals surface area contributed by atoms with Crippen molar-refractivity contribution >= 4 is 11.6 Å². The van der Waals surface area contributed by atoms with E-state index in [1.807, 2.05) is 30.3 Å². The van der Waals surface area contributed by atoms with E-state index in [1.54, 1.807) is 0 Å². The number of halogens is 1. The molecule has 0 bridgehead atoms. The highest BCUT2D eigenvalue weighted by Crippen LogP contribution is 2.27. The summed E-state index contributed by atoms with van der Waals surface area (Å²) in [5, 5.41) is 4.80. The van der Waals surface area contributed by atoms with E-state index >= 15 is 0 Å². The molecule has 0 fully saturated rings.